The van der Waals surface area contributed by atoms with Crippen molar-refractivity contribution < 1.29 is 9.18 Å². The van der Waals surface area contributed by atoms with Gasteiger partial charge >= 0.3 is 0 Å². The van der Waals surface area contributed by atoms with Crippen molar-refractivity contribution in [1.82, 2.24) is 10.3 Å². The Labute approximate surface area is 110 Å². The molecule has 3 rings (SSSR count). The fraction of sp³-hybridized carbons (Fsp3) is 0.200. The first kappa shape index (κ1) is 11.8. The smallest absolute Gasteiger partial charge is 0.244 e. The molecule has 2 aromatic rings. The van der Waals surface area contributed by atoms with E-state index in [2.05, 4.69) is 10.3 Å². The van der Waals surface area contributed by atoms with Crippen molar-refractivity contribution in [3.8, 4) is 0 Å². The summed E-state index contributed by atoms with van der Waals surface area (Å²) in [6, 6.07) is 8.36. The first-order chi connectivity index (χ1) is 9.20. The summed E-state index contributed by atoms with van der Waals surface area (Å²) in [5.41, 5.74) is 1.40. The first-order valence-corrected chi connectivity index (χ1v) is 6.25. The number of pyridine rings is 1. The van der Waals surface area contributed by atoms with Crippen LogP contribution in [0.1, 0.15) is 18.5 Å². The van der Waals surface area contributed by atoms with E-state index in [4.69, 9.17) is 0 Å². The SMILES string of the molecule is O=C(/C=C/c1ccc2cc(F)ccc2n1)NC1CC1. The Hall–Kier alpha value is -2.23. The van der Waals surface area contributed by atoms with Crippen molar-refractivity contribution in [3.63, 3.8) is 0 Å². The van der Waals surface area contributed by atoms with Gasteiger partial charge in [0, 0.05) is 17.5 Å². The Morgan fingerprint density at radius 2 is 2.16 bits per heavy atom. The Morgan fingerprint density at radius 1 is 1.32 bits per heavy atom. The van der Waals surface area contributed by atoms with Crippen molar-refractivity contribution in [1.29, 1.82) is 0 Å². The monoisotopic (exact) mass is 256 g/mol. The lowest BCUT2D eigenvalue weighted by Gasteiger charge is -2.00. The van der Waals surface area contributed by atoms with Gasteiger partial charge in [0.05, 0.1) is 11.2 Å². The molecule has 0 bridgehead atoms. The van der Waals surface area contributed by atoms with E-state index in [1.165, 1.54) is 18.2 Å². The lowest BCUT2D eigenvalue weighted by atomic mass is 10.2. The van der Waals surface area contributed by atoms with Crippen LogP contribution in [0.5, 0.6) is 0 Å². The number of hydrogen-bond acceptors (Lipinski definition) is 2. The van der Waals surface area contributed by atoms with Crippen molar-refractivity contribution in [3.05, 3.63) is 47.9 Å². The van der Waals surface area contributed by atoms with Crippen LogP contribution in [0.15, 0.2) is 36.4 Å². The van der Waals surface area contributed by atoms with Gasteiger partial charge in [-0.3, -0.25) is 4.79 Å². The molecule has 0 aliphatic heterocycles. The summed E-state index contributed by atoms with van der Waals surface area (Å²) in [5.74, 6) is -0.370. The van der Waals surface area contributed by atoms with Crippen molar-refractivity contribution >= 4 is 22.9 Å². The molecule has 0 saturated heterocycles. The molecule has 1 amide bonds. The highest BCUT2D eigenvalue weighted by atomic mass is 19.1. The molecule has 1 aliphatic carbocycles. The second kappa shape index (κ2) is 4.80. The van der Waals surface area contributed by atoms with E-state index >= 15 is 0 Å². The van der Waals surface area contributed by atoms with Crippen molar-refractivity contribution in [2.45, 2.75) is 18.9 Å². The minimum absolute atomic E-state index is 0.0940. The number of benzene rings is 1. The first-order valence-electron chi connectivity index (χ1n) is 6.25. The lowest BCUT2D eigenvalue weighted by Crippen LogP contribution is -2.22. The van der Waals surface area contributed by atoms with Gasteiger partial charge < -0.3 is 5.32 Å². The van der Waals surface area contributed by atoms with E-state index in [0.717, 1.165) is 18.2 Å². The predicted octanol–water partition coefficient (Wildman–Crippen LogP) is 2.67. The zero-order chi connectivity index (χ0) is 13.2. The van der Waals surface area contributed by atoms with Crippen LogP contribution >= 0.6 is 0 Å². The van der Waals surface area contributed by atoms with E-state index in [9.17, 15) is 9.18 Å². The molecule has 96 valence electrons. The fourth-order valence-electron chi connectivity index (χ4n) is 1.84. The number of amides is 1. The third kappa shape index (κ3) is 2.96. The average molecular weight is 256 g/mol. The van der Waals surface area contributed by atoms with Gasteiger partial charge in [-0.15, -0.1) is 0 Å². The van der Waals surface area contributed by atoms with E-state index in [0.29, 0.717) is 17.3 Å². The van der Waals surface area contributed by atoms with Crippen LogP contribution in [0.4, 0.5) is 4.39 Å². The van der Waals surface area contributed by atoms with E-state index in [1.54, 1.807) is 24.3 Å². The molecule has 1 aromatic carbocycles. The molecule has 19 heavy (non-hydrogen) atoms. The van der Waals surface area contributed by atoms with Gasteiger partial charge in [0.15, 0.2) is 0 Å². The molecule has 1 aromatic heterocycles. The van der Waals surface area contributed by atoms with Crippen molar-refractivity contribution in [2.24, 2.45) is 0 Å². The number of rotatable bonds is 3. The molecule has 3 nitrogen and oxygen atoms in total. The van der Waals surface area contributed by atoms with Crippen molar-refractivity contribution in [2.75, 3.05) is 0 Å². The largest absolute Gasteiger partial charge is 0.350 e. The highest BCUT2D eigenvalue weighted by Crippen LogP contribution is 2.18. The summed E-state index contributed by atoms with van der Waals surface area (Å²) in [4.78, 5) is 15.8. The summed E-state index contributed by atoms with van der Waals surface area (Å²) in [6.07, 6.45) is 5.29. The van der Waals surface area contributed by atoms with Crippen LogP contribution in [0, 0.1) is 5.82 Å². The Bertz CT molecular complexity index is 662. The zero-order valence-corrected chi connectivity index (χ0v) is 10.3. The topological polar surface area (TPSA) is 42.0 Å². The number of hydrogen-bond donors (Lipinski definition) is 1. The summed E-state index contributed by atoms with van der Waals surface area (Å²) in [6.45, 7) is 0. The number of halogens is 1. The van der Waals surface area contributed by atoms with Gasteiger partial charge in [-0.1, -0.05) is 6.07 Å². The molecule has 4 heteroatoms. The van der Waals surface area contributed by atoms with Gasteiger partial charge in [0.1, 0.15) is 5.82 Å². The molecule has 1 saturated carbocycles. The number of fused-ring (bicyclic) bond motifs is 1. The quantitative estimate of drug-likeness (QED) is 0.858. The normalized spacial score (nSPS) is 15.0. The molecule has 1 aliphatic rings. The molecule has 1 fully saturated rings. The van der Waals surface area contributed by atoms with E-state index in [1.807, 2.05) is 0 Å². The predicted molar refractivity (Wildman–Crippen MR) is 71.9 cm³/mol. The third-order valence-electron chi connectivity index (χ3n) is 3.00. The molecule has 1 N–H and O–H groups in total. The van der Waals surface area contributed by atoms with Crippen LogP contribution in [-0.2, 0) is 4.79 Å². The fourth-order valence-corrected chi connectivity index (χ4v) is 1.84. The maximum Gasteiger partial charge on any atom is 0.244 e. The highest BCUT2D eigenvalue weighted by Gasteiger charge is 2.21. The third-order valence-corrected chi connectivity index (χ3v) is 3.00. The minimum Gasteiger partial charge on any atom is -0.350 e. The molecule has 0 unspecified atom stereocenters. The molecule has 0 radical (unpaired) electrons. The van der Waals surface area contributed by atoms with Gasteiger partial charge in [0.2, 0.25) is 5.91 Å². The zero-order valence-electron chi connectivity index (χ0n) is 10.3. The van der Waals surface area contributed by atoms with Crippen LogP contribution in [0.3, 0.4) is 0 Å². The van der Waals surface area contributed by atoms with Gasteiger partial charge in [-0.2, -0.15) is 0 Å². The Balaban J connectivity index is 1.78. The molecule has 0 spiro atoms. The standard InChI is InChI=1S/C15H13FN2O/c16-11-2-7-14-10(9-11)1-3-12(17-14)6-8-15(19)18-13-4-5-13/h1-3,6-9,13H,4-5H2,(H,18,19)/b8-6+. The summed E-state index contributed by atoms with van der Waals surface area (Å²) >= 11 is 0. The molecule has 0 atom stereocenters. The number of nitrogens with zero attached hydrogens (tertiary/aromatic N) is 1. The summed E-state index contributed by atoms with van der Waals surface area (Å²) in [5, 5.41) is 3.62. The van der Waals surface area contributed by atoms with Crippen LogP contribution in [-0.4, -0.2) is 16.9 Å². The lowest BCUT2D eigenvalue weighted by molar-refractivity contribution is -0.116. The van der Waals surface area contributed by atoms with Gasteiger partial charge in [0.25, 0.3) is 0 Å². The molecular weight excluding hydrogens is 243 g/mol. The van der Waals surface area contributed by atoms with Gasteiger partial charge in [-0.05, 0) is 43.2 Å². The summed E-state index contributed by atoms with van der Waals surface area (Å²) in [7, 11) is 0. The second-order valence-electron chi connectivity index (χ2n) is 4.69. The number of carbonyl (C=O) groups excluding carboxylic acids is 1. The Morgan fingerprint density at radius 3 is 2.95 bits per heavy atom. The Kier molecular flexibility index (Phi) is 2.99. The van der Waals surface area contributed by atoms with E-state index in [-0.39, 0.29) is 11.7 Å². The second-order valence-corrected chi connectivity index (χ2v) is 4.69. The number of carbonyl (C=O) groups is 1. The average Bonchev–Trinajstić information content (AvgIpc) is 3.20. The van der Waals surface area contributed by atoms with E-state index < -0.39 is 0 Å². The molecular formula is C15H13FN2O. The highest BCUT2D eigenvalue weighted by molar-refractivity contribution is 5.92. The number of aromatic nitrogens is 1. The molecule has 1 heterocycles. The summed E-state index contributed by atoms with van der Waals surface area (Å²) < 4.78 is 13.0. The maximum atomic E-state index is 13.0. The van der Waals surface area contributed by atoms with Crippen LogP contribution in [0.25, 0.3) is 17.0 Å². The van der Waals surface area contributed by atoms with Gasteiger partial charge in [-0.25, -0.2) is 9.37 Å². The van der Waals surface area contributed by atoms with Crippen LogP contribution in [0.2, 0.25) is 0 Å². The number of nitrogens with one attached hydrogen (secondary N) is 1. The van der Waals surface area contributed by atoms with Crippen LogP contribution < -0.4 is 5.32 Å². The maximum absolute atomic E-state index is 13.0. The minimum atomic E-state index is -0.276.